The number of amides is 1. The number of nitrogens with one attached hydrogen (secondary N) is 2. The highest BCUT2D eigenvalue weighted by atomic mass is 16.4. The molecule has 0 saturated heterocycles. The van der Waals surface area contributed by atoms with E-state index in [9.17, 15) is 19.2 Å². The molecule has 96 valence electrons. The molecule has 9 heteroatoms. The van der Waals surface area contributed by atoms with Crippen molar-refractivity contribution >= 4 is 17.8 Å². The number of nitrogens with zero attached hydrogens (tertiary/aromatic N) is 1. The van der Waals surface area contributed by atoms with Gasteiger partial charge in [-0.25, -0.2) is 9.78 Å². The Bertz CT molecular complexity index is 517. The molecule has 0 fully saturated rings. The van der Waals surface area contributed by atoms with Crippen LogP contribution in [0.4, 0.5) is 0 Å². The highest BCUT2D eigenvalue weighted by Crippen LogP contribution is 1.96. The van der Waals surface area contributed by atoms with E-state index in [0.717, 1.165) is 12.4 Å². The number of H-pyrrole nitrogens is 1. The summed E-state index contributed by atoms with van der Waals surface area (Å²) >= 11 is 0. The van der Waals surface area contributed by atoms with E-state index in [-0.39, 0.29) is 5.69 Å². The van der Waals surface area contributed by atoms with Gasteiger partial charge in [-0.2, -0.15) is 0 Å². The average molecular weight is 255 g/mol. The lowest BCUT2D eigenvalue weighted by molar-refractivity contribution is -0.145. The summed E-state index contributed by atoms with van der Waals surface area (Å²) in [4.78, 5) is 49.0. The molecule has 1 aromatic rings. The lowest BCUT2D eigenvalue weighted by atomic mass is 10.2. The van der Waals surface area contributed by atoms with Crippen molar-refractivity contribution in [3.63, 3.8) is 0 Å². The molecule has 0 aromatic carbocycles. The maximum absolute atomic E-state index is 11.5. The molecule has 1 amide bonds. The average Bonchev–Trinajstić information content (AvgIpc) is 2.28. The van der Waals surface area contributed by atoms with Gasteiger partial charge < -0.3 is 20.5 Å². The second-order valence-corrected chi connectivity index (χ2v) is 3.26. The molecule has 0 unspecified atom stereocenters. The minimum atomic E-state index is -1.57. The number of carbonyl (C=O) groups is 3. The molecule has 0 bridgehead atoms. The highest BCUT2D eigenvalue weighted by Gasteiger charge is 2.23. The fourth-order valence-corrected chi connectivity index (χ4v) is 1.07. The summed E-state index contributed by atoms with van der Waals surface area (Å²) in [5.41, 5.74) is -0.738. The van der Waals surface area contributed by atoms with E-state index in [4.69, 9.17) is 10.2 Å². The van der Waals surface area contributed by atoms with Crippen molar-refractivity contribution in [2.75, 3.05) is 0 Å². The summed E-state index contributed by atoms with van der Waals surface area (Å²) in [6.07, 6.45) is 1.09. The van der Waals surface area contributed by atoms with Gasteiger partial charge in [-0.05, 0) is 0 Å². The molecular formula is C9H9N3O6. The largest absolute Gasteiger partial charge is 0.481 e. The third-order valence-corrected chi connectivity index (χ3v) is 1.89. The monoisotopic (exact) mass is 255 g/mol. The molecule has 18 heavy (non-hydrogen) atoms. The van der Waals surface area contributed by atoms with Crippen LogP contribution in [-0.2, 0) is 9.59 Å². The van der Waals surface area contributed by atoms with Gasteiger partial charge in [0.15, 0.2) is 0 Å². The first-order valence-corrected chi connectivity index (χ1v) is 4.70. The lowest BCUT2D eigenvalue weighted by Gasteiger charge is -2.11. The topological polar surface area (TPSA) is 149 Å². The Morgan fingerprint density at radius 3 is 2.50 bits per heavy atom. The summed E-state index contributed by atoms with van der Waals surface area (Å²) in [6, 6.07) is -1.57. The third kappa shape index (κ3) is 3.70. The van der Waals surface area contributed by atoms with Crippen LogP contribution in [0.5, 0.6) is 0 Å². The van der Waals surface area contributed by atoms with Crippen LogP contribution in [0.3, 0.4) is 0 Å². The molecule has 1 atom stereocenters. The first-order valence-electron chi connectivity index (χ1n) is 4.70. The van der Waals surface area contributed by atoms with Crippen molar-refractivity contribution in [3.05, 3.63) is 28.4 Å². The van der Waals surface area contributed by atoms with E-state index in [1.807, 2.05) is 5.32 Å². The van der Waals surface area contributed by atoms with Gasteiger partial charge in [0.05, 0.1) is 12.6 Å². The van der Waals surface area contributed by atoms with Gasteiger partial charge >= 0.3 is 11.9 Å². The van der Waals surface area contributed by atoms with E-state index in [1.165, 1.54) is 0 Å². The van der Waals surface area contributed by atoms with Gasteiger partial charge in [-0.15, -0.1) is 0 Å². The molecule has 0 aliphatic carbocycles. The number of carboxylic acid groups (broad SMARTS) is 2. The van der Waals surface area contributed by atoms with Crippen molar-refractivity contribution in [1.82, 2.24) is 15.3 Å². The predicted octanol–water partition coefficient (Wildman–Crippen LogP) is -1.57. The molecule has 0 aliphatic rings. The van der Waals surface area contributed by atoms with Gasteiger partial charge in [-0.3, -0.25) is 14.4 Å². The predicted molar refractivity (Wildman–Crippen MR) is 56.0 cm³/mol. The maximum Gasteiger partial charge on any atom is 0.326 e. The number of hydrogen-bond donors (Lipinski definition) is 4. The number of hydrogen-bond acceptors (Lipinski definition) is 5. The van der Waals surface area contributed by atoms with E-state index in [1.54, 1.807) is 0 Å². The Kier molecular flexibility index (Phi) is 4.13. The van der Waals surface area contributed by atoms with E-state index in [2.05, 4.69) is 9.97 Å². The summed E-state index contributed by atoms with van der Waals surface area (Å²) in [7, 11) is 0. The fourth-order valence-electron chi connectivity index (χ4n) is 1.07. The number of rotatable bonds is 5. The zero-order chi connectivity index (χ0) is 13.7. The van der Waals surface area contributed by atoms with E-state index < -0.39 is 35.9 Å². The molecule has 1 aromatic heterocycles. The standard InChI is InChI=1S/C9H9N3O6/c13-6-3-10-5(2-11-6)8(16)12-4(9(17)18)1-7(14)15/h2-4H,1H2,(H,11,13)(H,12,16)(H,14,15)(H,17,18)/t4-/m1/s1. The van der Waals surface area contributed by atoms with Crippen LogP contribution in [0.25, 0.3) is 0 Å². The smallest absolute Gasteiger partial charge is 0.326 e. The molecular weight excluding hydrogens is 246 g/mol. The molecule has 0 radical (unpaired) electrons. The summed E-state index contributed by atoms with van der Waals surface area (Å²) in [5, 5.41) is 19.2. The van der Waals surface area contributed by atoms with Crippen LogP contribution in [0.2, 0.25) is 0 Å². The van der Waals surface area contributed by atoms with Crippen LogP contribution < -0.4 is 10.9 Å². The Labute approximate surface area is 99.5 Å². The Morgan fingerprint density at radius 2 is 2.06 bits per heavy atom. The molecule has 4 N–H and O–H groups in total. The zero-order valence-electron chi connectivity index (χ0n) is 8.91. The van der Waals surface area contributed by atoms with Crippen molar-refractivity contribution in [2.24, 2.45) is 0 Å². The highest BCUT2D eigenvalue weighted by molar-refractivity contribution is 5.95. The first kappa shape index (κ1) is 13.4. The van der Waals surface area contributed by atoms with Gasteiger partial charge in [0.1, 0.15) is 11.7 Å². The first-order chi connectivity index (χ1) is 8.40. The summed E-state index contributed by atoms with van der Waals surface area (Å²) in [5.74, 6) is -3.73. The number of carboxylic acids is 2. The van der Waals surface area contributed by atoms with Gasteiger partial charge in [0, 0.05) is 6.20 Å². The Morgan fingerprint density at radius 1 is 1.39 bits per heavy atom. The minimum Gasteiger partial charge on any atom is -0.481 e. The lowest BCUT2D eigenvalue weighted by Crippen LogP contribution is -2.42. The molecule has 0 aliphatic heterocycles. The molecule has 1 heterocycles. The molecule has 0 spiro atoms. The molecule has 0 saturated carbocycles. The van der Waals surface area contributed by atoms with Gasteiger partial charge in [0.2, 0.25) is 0 Å². The van der Waals surface area contributed by atoms with Gasteiger partial charge in [0.25, 0.3) is 11.5 Å². The number of aromatic nitrogens is 2. The number of aliphatic carboxylic acids is 2. The molecule has 1 rings (SSSR count). The van der Waals surface area contributed by atoms with Crippen LogP contribution >= 0.6 is 0 Å². The van der Waals surface area contributed by atoms with Crippen LogP contribution in [-0.4, -0.2) is 44.1 Å². The number of carbonyl (C=O) groups excluding carboxylic acids is 1. The van der Waals surface area contributed by atoms with E-state index >= 15 is 0 Å². The van der Waals surface area contributed by atoms with Crippen molar-refractivity contribution in [1.29, 1.82) is 0 Å². The van der Waals surface area contributed by atoms with Crippen molar-refractivity contribution < 1.29 is 24.6 Å². The Balaban J connectivity index is 2.78. The molecule has 9 nitrogen and oxygen atoms in total. The zero-order valence-corrected chi connectivity index (χ0v) is 8.91. The van der Waals surface area contributed by atoms with Crippen molar-refractivity contribution in [3.8, 4) is 0 Å². The second-order valence-electron chi connectivity index (χ2n) is 3.26. The summed E-state index contributed by atoms with van der Waals surface area (Å²) in [6.45, 7) is 0. The number of aromatic amines is 1. The second kappa shape index (κ2) is 5.57. The SMILES string of the molecule is O=C(O)C[C@@H](NC(=O)c1c[nH]c(=O)cn1)C(=O)O. The normalized spacial score (nSPS) is 11.6. The fraction of sp³-hybridized carbons (Fsp3) is 0.222. The third-order valence-electron chi connectivity index (χ3n) is 1.89. The van der Waals surface area contributed by atoms with Crippen LogP contribution in [0.1, 0.15) is 16.9 Å². The Hall–Kier alpha value is -2.71. The van der Waals surface area contributed by atoms with Crippen LogP contribution in [0, 0.1) is 0 Å². The van der Waals surface area contributed by atoms with Gasteiger partial charge in [-0.1, -0.05) is 0 Å². The quantitative estimate of drug-likeness (QED) is 0.496. The van der Waals surface area contributed by atoms with Crippen LogP contribution in [0.15, 0.2) is 17.2 Å². The van der Waals surface area contributed by atoms with E-state index in [0.29, 0.717) is 0 Å². The summed E-state index contributed by atoms with van der Waals surface area (Å²) < 4.78 is 0. The maximum atomic E-state index is 11.5. The van der Waals surface area contributed by atoms with Crippen molar-refractivity contribution in [2.45, 2.75) is 12.5 Å². The minimum absolute atomic E-state index is 0.216.